The highest BCUT2D eigenvalue weighted by Crippen LogP contribution is 2.44. The van der Waals surface area contributed by atoms with E-state index in [1.54, 1.807) is 6.92 Å². The van der Waals surface area contributed by atoms with E-state index < -0.39 is 36.2 Å². The second-order valence-corrected chi connectivity index (χ2v) is 10.4. The third kappa shape index (κ3) is 7.71. The molecule has 0 radical (unpaired) electrons. The minimum Gasteiger partial charge on any atom is -0.480 e. The maximum absolute atomic E-state index is 13.3. The third-order valence-electron chi connectivity index (χ3n) is 7.21. The van der Waals surface area contributed by atoms with Crippen LogP contribution in [0.5, 0.6) is 0 Å². The molecule has 1 aliphatic carbocycles. The first-order chi connectivity index (χ1) is 19.7. The number of hydrogen-bond acceptors (Lipinski definition) is 6. The summed E-state index contributed by atoms with van der Waals surface area (Å²) in [6.07, 6.45) is -1.30. The monoisotopic (exact) mass is 559 g/mol. The molecular weight excluding hydrogens is 522 g/mol. The van der Waals surface area contributed by atoms with Gasteiger partial charge in [-0.3, -0.25) is 4.79 Å². The minimum atomic E-state index is -1.31. The summed E-state index contributed by atoms with van der Waals surface area (Å²) in [6, 6.07) is 23.1. The van der Waals surface area contributed by atoms with Gasteiger partial charge in [-0.15, -0.1) is 0 Å². The Morgan fingerprint density at radius 2 is 1.46 bits per heavy atom. The van der Waals surface area contributed by atoms with E-state index in [9.17, 15) is 19.5 Å². The van der Waals surface area contributed by atoms with Crippen molar-refractivity contribution < 1.29 is 29.0 Å². The number of hydrogen-bond donors (Lipinski definition) is 3. The Balaban J connectivity index is 1.39. The standard InChI is InChI=1S/C32H37N3O6/c1-21(40-19-22-11-5-4-6-12-22)29(31(37)38)34-30(36)28(17-18-35(2)3)33-32(39)41-20-27-25-15-9-7-13-23(25)24-14-8-10-16-26(24)27/h4-16,21,27-29H,17-20H2,1-3H3,(H,33,39)(H,34,36)(H,37,38)/t21-,28?,29+/m1/s1. The van der Waals surface area contributed by atoms with Crippen molar-refractivity contribution in [2.75, 3.05) is 27.2 Å². The molecular formula is C32H37N3O6. The fraction of sp³-hybridized carbons (Fsp3) is 0.344. The molecule has 1 unspecified atom stereocenters. The molecule has 216 valence electrons. The van der Waals surface area contributed by atoms with Crippen LogP contribution < -0.4 is 10.6 Å². The number of amides is 2. The Morgan fingerprint density at radius 1 is 0.878 bits per heavy atom. The van der Waals surface area contributed by atoms with E-state index in [-0.39, 0.29) is 25.6 Å². The number of carboxylic acid groups (broad SMARTS) is 1. The summed E-state index contributed by atoms with van der Waals surface area (Å²) in [5, 5.41) is 15.0. The van der Waals surface area contributed by atoms with Crippen LogP contribution in [-0.4, -0.2) is 73.4 Å². The number of ether oxygens (including phenoxy) is 2. The lowest BCUT2D eigenvalue weighted by Crippen LogP contribution is -2.55. The normalized spacial score (nSPS) is 14.4. The Bertz CT molecular complexity index is 1300. The van der Waals surface area contributed by atoms with Gasteiger partial charge < -0.3 is 30.1 Å². The minimum absolute atomic E-state index is 0.101. The van der Waals surface area contributed by atoms with Gasteiger partial charge in [0.15, 0.2) is 6.04 Å². The molecule has 0 aliphatic heterocycles. The van der Waals surface area contributed by atoms with Crippen molar-refractivity contribution in [2.24, 2.45) is 0 Å². The fourth-order valence-electron chi connectivity index (χ4n) is 4.97. The van der Waals surface area contributed by atoms with Gasteiger partial charge in [-0.1, -0.05) is 78.9 Å². The van der Waals surface area contributed by atoms with Crippen LogP contribution in [0.25, 0.3) is 11.1 Å². The van der Waals surface area contributed by atoms with Gasteiger partial charge in [-0.25, -0.2) is 9.59 Å². The van der Waals surface area contributed by atoms with Crippen LogP contribution >= 0.6 is 0 Å². The van der Waals surface area contributed by atoms with E-state index in [4.69, 9.17) is 9.47 Å². The molecule has 4 rings (SSSR count). The number of nitrogens with one attached hydrogen (secondary N) is 2. The number of rotatable bonds is 13. The van der Waals surface area contributed by atoms with Gasteiger partial charge in [-0.05, 0) is 61.8 Å². The molecule has 0 aromatic heterocycles. The smallest absolute Gasteiger partial charge is 0.407 e. The number of carbonyl (C=O) groups is 3. The summed E-state index contributed by atoms with van der Waals surface area (Å²) >= 11 is 0. The lowest BCUT2D eigenvalue weighted by molar-refractivity contribution is -0.146. The lowest BCUT2D eigenvalue weighted by atomic mass is 9.98. The number of alkyl carbamates (subject to hydrolysis) is 1. The molecule has 9 nitrogen and oxygen atoms in total. The van der Waals surface area contributed by atoms with Crippen LogP contribution in [0.4, 0.5) is 4.79 Å². The van der Waals surface area contributed by atoms with E-state index in [0.717, 1.165) is 27.8 Å². The summed E-state index contributed by atoms with van der Waals surface area (Å²) in [4.78, 5) is 40.1. The number of carbonyl (C=O) groups excluding carboxylic acids is 2. The Labute approximate surface area is 240 Å². The summed E-state index contributed by atoms with van der Waals surface area (Å²) in [5.41, 5.74) is 5.28. The lowest BCUT2D eigenvalue weighted by Gasteiger charge is -2.26. The number of carboxylic acids is 1. The number of fused-ring (bicyclic) bond motifs is 3. The van der Waals surface area contributed by atoms with Crippen molar-refractivity contribution in [3.63, 3.8) is 0 Å². The zero-order valence-corrected chi connectivity index (χ0v) is 23.6. The Kier molecular flexibility index (Phi) is 10.1. The summed E-state index contributed by atoms with van der Waals surface area (Å²) < 4.78 is 11.4. The first-order valence-electron chi connectivity index (χ1n) is 13.7. The molecule has 41 heavy (non-hydrogen) atoms. The highest BCUT2D eigenvalue weighted by atomic mass is 16.5. The van der Waals surface area contributed by atoms with Gasteiger partial charge in [0.1, 0.15) is 12.6 Å². The average molecular weight is 560 g/mol. The van der Waals surface area contributed by atoms with Gasteiger partial charge in [-0.2, -0.15) is 0 Å². The van der Waals surface area contributed by atoms with Crippen LogP contribution in [0.15, 0.2) is 78.9 Å². The molecule has 0 heterocycles. The van der Waals surface area contributed by atoms with E-state index >= 15 is 0 Å². The van der Waals surface area contributed by atoms with Crippen LogP contribution in [0, 0.1) is 0 Å². The number of aliphatic carboxylic acids is 1. The predicted molar refractivity (Wildman–Crippen MR) is 155 cm³/mol. The van der Waals surface area contributed by atoms with E-state index in [1.165, 1.54) is 0 Å². The highest BCUT2D eigenvalue weighted by molar-refractivity contribution is 5.89. The van der Waals surface area contributed by atoms with Gasteiger partial charge in [0.25, 0.3) is 0 Å². The van der Waals surface area contributed by atoms with Gasteiger partial charge >= 0.3 is 12.1 Å². The summed E-state index contributed by atoms with van der Waals surface area (Å²) in [6.45, 7) is 2.38. The van der Waals surface area contributed by atoms with Crippen molar-refractivity contribution in [1.29, 1.82) is 0 Å². The Hall–Kier alpha value is -4.21. The molecule has 9 heteroatoms. The first kappa shape index (κ1) is 29.8. The van der Waals surface area contributed by atoms with Gasteiger partial charge in [0.2, 0.25) is 5.91 Å². The largest absolute Gasteiger partial charge is 0.480 e. The van der Waals surface area contributed by atoms with E-state index in [1.807, 2.05) is 85.7 Å². The van der Waals surface area contributed by atoms with Crippen LogP contribution in [-0.2, 0) is 25.7 Å². The molecule has 0 saturated heterocycles. The molecule has 3 aromatic carbocycles. The van der Waals surface area contributed by atoms with Crippen LogP contribution in [0.3, 0.4) is 0 Å². The van der Waals surface area contributed by atoms with Gasteiger partial charge in [0.05, 0.1) is 12.7 Å². The number of benzene rings is 3. The summed E-state index contributed by atoms with van der Waals surface area (Å²) in [5.74, 6) is -1.98. The fourth-order valence-corrected chi connectivity index (χ4v) is 4.97. The van der Waals surface area contributed by atoms with E-state index in [2.05, 4.69) is 22.8 Å². The maximum Gasteiger partial charge on any atom is 0.407 e. The van der Waals surface area contributed by atoms with Crippen LogP contribution in [0.2, 0.25) is 0 Å². The molecule has 3 N–H and O–H groups in total. The second-order valence-electron chi connectivity index (χ2n) is 10.4. The third-order valence-corrected chi connectivity index (χ3v) is 7.21. The van der Waals surface area contributed by atoms with Crippen molar-refractivity contribution in [1.82, 2.24) is 15.5 Å². The molecule has 0 saturated carbocycles. The SMILES string of the molecule is C[C@@H](OCc1ccccc1)[C@H](NC(=O)C(CCN(C)C)NC(=O)OCC1c2ccccc2-c2ccccc21)C(=O)O. The topological polar surface area (TPSA) is 117 Å². The van der Waals surface area contributed by atoms with E-state index in [0.29, 0.717) is 6.54 Å². The highest BCUT2D eigenvalue weighted by Gasteiger charge is 2.32. The first-order valence-corrected chi connectivity index (χ1v) is 13.7. The van der Waals surface area contributed by atoms with Crippen molar-refractivity contribution in [3.8, 4) is 11.1 Å². The van der Waals surface area contributed by atoms with Crippen molar-refractivity contribution in [2.45, 2.75) is 44.1 Å². The molecule has 1 aliphatic rings. The average Bonchev–Trinajstić information content (AvgIpc) is 3.29. The second kappa shape index (κ2) is 13.9. The predicted octanol–water partition coefficient (Wildman–Crippen LogP) is 4.02. The van der Waals surface area contributed by atoms with Crippen LogP contribution in [0.1, 0.15) is 36.0 Å². The van der Waals surface area contributed by atoms with Crippen molar-refractivity contribution in [3.05, 3.63) is 95.6 Å². The molecule has 0 fully saturated rings. The molecule has 0 bridgehead atoms. The quantitative estimate of drug-likeness (QED) is 0.290. The summed E-state index contributed by atoms with van der Waals surface area (Å²) in [7, 11) is 3.70. The number of nitrogens with zero attached hydrogens (tertiary/aromatic N) is 1. The molecule has 2 amide bonds. The zero-order valence-electron chi connectivity index (χ0n) is 23.6. The molecule has 0 spiro atoms. The molecule has 3 atom stereocenters. The van der Waals surface area contributed by atoms with Crippen molar-refractivity contribution >= 4 is 18.0 Å². The Morgan fingerprint density at radius 3 is 2.05 bits per heavy atom. The van der Waals surface area contributed by atoms with Gasteiger partial charge in [0, 0.05) is 5.92 Å². The molecule has 3 aromatic rings. The maximum atomic E-state index is 13.3. The zero-order chi connectivity index (χ0) is 29.4.